The van der Waals surface area contributed by atoms with Crippen LogP contribution in [0.5, 0.6) is 0 Å². The lowest BCUT2D eigenvalue weighted by Crippen LogP contribution is -2.60. The van der Waals surface area contributed by atoms with E-state index in [1.54, 1.807) is 5.32 Å². The van der Waals surface area contributed by atoms with Crippen molar-refractivity contribution in [2.45, 2.75) is 125 Å². The maximum Gasteiger partial charge on any atom is 0.326 e. The van der Waals surface area contributed by atoms with Crippen molar-refractivity contribution in [2.75, 3.05) is 0 Å². The molecule has 7 amide bonds. The third kappa shape index (κ3) is 25.7. The summed E-state index contributed by atoms with van der Waals surface area (Å²) in [6, 6.07) is -16.7. The van der Waals surface area contributed by atoms with Gasteiger partial charge in [0, 0.05) is 25.7 Å². The Morgan fingerprint density at radius 1 is 0.275 bits per heavy atom. The minimum atomic E-state index is -2.32. The molecule has 0 aliphatic heterocycles. The summed E-state index contributed by atoms with van der Waals surface area (Å²) >= 11 is 0. The third-order valence-corrected chi connectivity index (χ3v) is 8.87. The van der Waals surface area contributed by atoms with E-state index in [1.165, 1.54) is 0 Å². The Bertz CT molecular complexity index is 2010. The van der Waals surface area contributed by atoms with Crippen LogP contribution in [0.2, 0.25) is 0 Å². The van der Waals surface area contributed by atoms with E-state index in [0.717, 1.165) is 0 Å². The molecule has 0 saturated carbocycles. The third-order valence-electron chi connectivity index (χ3n) is 8.87. The van der Waals surface area contributed by atoms with Crippen molar-refractivity contribution in [3.8, 4) is 0 Å². The van der Waals surface area contributed by atoms with Crippen LogP contribution in [0.3, 0.4) is 0 Å². The molecule has 0 aromatic carbocycles. The van der Waals surface area contributed by atoms with Crippen molar-refractivity contribution in [2.24, 2.45) is 5.73 Å². The van der Waals surface area contributed by atoms with Crippen LogP contribution in [0.1, 0.15) is 77.0 Å². The monoisotopic (exact) mass is 994 g/mol. The van der Waals surface area contributed by atoms with E-state index in [2.05, 4.69) is 0 Å². The van der Waals surface area contributed by atoms with E-state index in [0.29, 0.717) is 0 Å². The standard InChI is InChI=1S/C36H50N8O25/c37-13(1-5-21(45)46)29(61)41-17(9-25(53)54)33(65)38-14(2-6-22(47)48)30(62)42-18(10-26(55)56)34(66)39-15(3-7-23(49)50)31(63)43-19(11-27(57)58)35(67)40-16(4-8-24(51)52)32(64)44-20(36(68)69)12-28(59)60/h13-20H,1-12,37H2,(H,38,65)(H,39,66)(H,40,67)(H,41,61)(H,42,62)(H,43,63)(H,44,64)(H,45,46)(H,47,48)(H,49,50)(H,51,52)(H,53,54)(H,55,56)(H,57,58)(H,59,60)(H,68,69)/t13-,14-,15-,16-,17-,18-,19-,20-/m0/s1. The molecule has 0 aromatic rings. The van der Waals surface area contributed by atoms with Crippen LogP contribution in [0.15, 0.2) is 0 Å². The Kier molecular flexibility index (Phi) is 26.2. The summed E-state index contributed by atoms with van der Waals surface area (Å²) in [7, 11) is 0. The molecule has 69 heavy (non-hydrogen) atoms. The zero-order chi connectivity index (χ0) is 53.3. The fourth-order valence-corrected chi connectivity index (χ4v) is 5.46. The van der Waals surface area contributed by atoms with Gasteiger partial charge in [-0.15, -0.1) is 0 Å². The highest BCUT2D eigenvalue weighted by atomic mass is 16.4. The van der Waals surface area contributed by atoms with Crippen LogP contribution < -0.4 is 43.0 Å². The van der Waals surface area contributed by atoms with Crippen molar-refractivity contribution in [3.63, 3.8) is 0 Å². The van der Waals surface area contributed by atoms with Crippen LogP contribution in [0.25, 0.3) is 0 Å². The van der Waals surface area contributed by atoms with Gasteiger partial charge in [-0.1, -0.05) is 0 Å². The van der Waals surface area contributed by atoms with Gasteiger partial charge >= 0.3 is 53.7 Å². The Balaban J connectivity index is 6.75. The van der Waals surface area contributed by atoms with E-state index >= 15 is 0 Å². The quantitative estimate of drug-likeness (QED) is 0.0281. The molecule has 384 valence electrons. The molecule has 0 aliphatic rings. The number of carbonyl (C=O) groups excluding carboxylic acids is 7. The van der Waals surface area contributed by atoms with E-state index in [9.17, 15) is 107 Å². The van der Waals surface area contributed by atoms with Crippen molar-refractivity contribution in [3.05, 3.63) is 0 Å². The number of hydrogen-bond donors (Lipinski definition) is 17. The van der Waals surface area contributed by atoms with Gasteiger partial charge in [-0.05, 0) is 25.7 Å². The number of carboxylic acid groups (broad SMARTS) is 9. The first-order valence-corrected chi connectivity index (χ1v) is 19.8. The average molecular weight is 995 g/mol. The predicted octanol–water partition coefficient (Wildman–Crippen LogP) is -6.85. The Hall–Kier alpha value is -8.52. The van der Waals surface area contributed by atoms with Crippen molar-refractivity contribution >= 4 is 95.1 Å². The number of carbonyl (C=O) groups is 16. The summed E-state index contributed by atoms with van der Waals surface area (Å²) < 4.78 is 0. The molecule has 0 saturated heterocycles. The zero-order valence-corrected chi connectivity index (χ0v) is 35.7. The number of hydrogen-bond acceptors (Lipinski definition) is 17. The first-order valence-electron chi connectivity index (χ1n) is 19.8. The smallest absolute Gasteiger partial charge is 0.326 e. The van der Waals surface area contributed by atoms with Gasteiger partial charge in [0.2, 0.25) is 41.4 Å². The van der Waals surface area contributed by atoms with Crippen LogP contribution in [0.4, 0.5) is 0 Å². The highest BCUT2D eigenvalue weighted by Gasteiger charge is 2.36. The average Bonchev–Trinajstić information content (AvgIpc) is 3.21. The minimum absolute atomic E-state index is 0.482. The SMILES string of the molecule is N[C@@H](CCC(=O)O)C(=O)N[C@@H](CC(=O)O)C(=O)N[C@@H](CCC(=O)O)C(=O)N[C@@H](CC(=O)O)C(=O)N[C@@H](CCC(=O)O)C(=O)N[C@@H](CC(=O)O)C(=O)N[C@@H](CCC(=O)O)C(=O)N[C@@H](CC(=O)O)C(=O)O. The van der Waals surface area contributed by atoms with Crippen LogP contribution in [-0.4, -0.2) is 189 Å². The molecule has 0 unspecified atom stereocenters. The second-order valence-electron chi connectivity index (χ2n) is 14.5. The Morgan fingerprint density at radius 3 is 0.725 bits per heavy atom. The first kappa shape index (κ1) is 60.5. The summed E-state index contributed by atoms with van der Waals surface area (Å²) in [5.74, 6) is -25.7. The normalized spacial score (nSPS) is 14.1. The summed E-state index contributed by atoms with van der Waals surface area (Å²) in [4.78, 5) is 195. The number of aliphatic carboxylic acids is 9. The zero-order valence-electron chi connectivity index (χ0n) is 35.7. The van der Waals surface area contributed by atoms with E-state index in [-0.39, 0.29) is 0 Å². The fraction of sp³-hybridized carbons (Fsp3) is 0.556. The van der Waals surface area contributed by atoms with Gasteiger partial charge in [0.25, 0.3) is 0 Å². The lowest BCUT2D eigenvalue weighted by atomic mass is 10.0. The summed E-state index contributed by atoms with van der Waals surface area (Å²) in [5.41, 5.74) is 5.59. The van der Waals surface area contributed by atoms with Gasteiger partial charge in [0.15, 0.2) is 0 Å². The predicted molar refractivity (Wildman–Crippen MR) is 216 cm³/mol. The lowest BCUT2D eigenvalue weighted by molar-refractivity contribution is -0.147. The molecule has 0 aliphatic carbocycles. The van der Waals surface area contributed by atoms with Gasteiger partial charge in [-0.2, -0.15) is 0 Å². The van der Waals surface area contributed by atoms with Gasteiger partial charge in [0.05, 0.1) is 31.7 Å². The summed E-state index contributed by atoms with van der Waals surface area (Å²) in [6.45, 7) is 0. The second kappa shape index (κ2) is 29.9. The Labute approximate surface area is 385 Å². The molecule has 18 N–H and O–H groups in total. The molecule has 0 rings (SSSR count). The molecule has 33 nitrogen and oxygen atoms in total. The lowest BCUT2D eigenvalue weighted by Gasteiger charge is -2.27. The molecule has 33 heteroatoms. The number of nitrogens with two attached hydrogens (primary N) is 1. The number of rotatable bonds is 35. The molecular formula is C36H50N8O25. The Morgan fingerprint density at radius 2 is 0.478 bits per heavy atom. The molecule has 0 bridgehead atoms. The van der Waals surface area contributed by atoms with Crippen LogP contribution in [0, 0.1) is 0 Å². The van der Waals surface area contributed by atoms with Gasteiger partial charge in [0.1, 0.15) is 42.3 Å². The topological polar surface area (TPSA) is 565 Å². The number of amides is 7. The molecule has 0 aromatic heterocycles. The largest absolute Gasteiger partial charge is 0.481 e. The van der Waals surface area contributed by atoms with E-state index in [1.807, 2.05) is 31.9 Å². The van der Waals surface area contributed by atoms with Gasteiger partial charge in [-0.25, -0.2) is 4.79 Å². The minimum Gasteiger partial charge on any atom is -0.481 e. The highest BCUT2D eigenvalue weighted by Crippen LogP contribution is 2.09. The summed E-state index contributed by atoms with van der Waals surface area (Å²) in [6.07, 6.45) is -11.7. The maximum absolute atomic E-state index is 13.5. The van der Waals surface area contributed by atoms with Crippen molar-refractivity contribution in [1.82, 2.24) is 37.2 Å². The molecule has 0 spiro atoms. The first-order chi connectivity index (χ1) is 31.9. The van der Waals surface area contributed by atoms with E-state index in [4.69, 9.17) is 21.1 Å². The van der Waals surface area contributed by atoms with Crippen molar-refractivity contribution in [1.29, 1.82) is 0 Å². The highest BCUT2D eigenvalue weighted by molar-refractivity contribution is 6.00. The van der Waals surface area contributed by atoms with Crippen LogP contribution in [-0.2, 0) is 76.7 Å². The molecule has 8 atom stereocenters. The fourth-order valence-electron chi connectivity index (χ4n) is 5.46. The molecular weight excluding hydrogens is 944 g/mol. The van der Waals surface area contributed by atoms with Crippen LogP contribution >= 0.6 is 0 Å². The summed E-state index contributed by atoms with van der Waals surface area (Å²) in [5, 5.41) is 96.2. The van der Waals surface area contributed by atoms with Gasteiger partial charge in [-0.3, -0.25) is 71.9 Å². The van der Waals surface area contributed by atoms with Crippen molar-refractivity contribution < 1.29 is 123 Å². The maximum atomic E-state index is 13.5. The number of carboxylic acids is 9. The molecule has 0 heterocycles. The van der Waals surface area contributed by atoms with Gasteiger partial charge < -0.3 is 88.9 Å². The molecule has 0 radical (unpaired) electrons. The van der Waals surface area contributed by atoms with E-state index < -0.39 is 220 Å². The number of nitrogens with one attached hydrogen (secondary N) is 7. The molecule has 0 fully saturated rings. The second-order valence-corrected chi connectivity index (χ2v) is 14.5.